The standard InChI is InChI=1S/C17H24N4O2S2/c1-10-18-13(9-24-10)15-20-12(8-25-15)14(22)19-11-6-16(2,3)21(23)17(4,5)7-11/h8-9,11,23H,6-7H2,1-5H3,(H,19,22). The number of nitrogens with zero attached hydrogens (tertiary/aromatic N) is 3. The summed E-state index contributed by atoms with van der Waals surface area (Å²) in [6, 6.07) is -0.00688. The zero-order chi connectivity index (χ0) is 18.4. The van der Waals surface area contributed by atoms with Crippen LogP contribution in [0.5, 0.6) is 0 Å². The molecule has 2 aromatic heterocycles. The average Bonchev–Trinajstić information content (AvgIpc) is 3.12. The smallest absolute Gasteiger partial charge is 0.270 e. The molecule has 0 unspecified atom stereocenters. The van der Waals surface area contributed by atoms with E-state index in [4.69, 9.17) is 0 Å². The van der Waals surface area contributed by atoms with Crippen LogP contribution in [0.4, 0.5) is 0 Å². The van der Waals surface area contributed by atoms with Crippen molar-refractivity contribution in [2.75, 3.05) is 0 Å². The fraction of sp³-hybridized carbons (Fsp3) is 0.588. The Bertz CT molecular complexity index is 763. The molecule has 8 heteroatoms. The van der Waals surface area contributed by atoms with E-state index in [2.05, 4.69) is 15.3 Å². The minimum atomic E-state index is -0.398. The molecule has 3 heterocycles. The van der Waals surface area contributed by atoms with E-state index < -0.39 is 11.1 Å². The van der Waals surface area contributed by atoms with Crippen molar-refractivity contribution < 1.29 is 10.0 Å². The fourth-order valence-corrected chi connectivity index (χ4v) is 5.02. The van der Waals surface area contributed by atoms with Gasteiger partial charge in [0, 0.05) is 27.9 Å². The Morgan fingerprint density at radius 3 is 2.40 bits per heavy atom. The second-order valence-corrected chi connectivity index (χ2v) is 9.73. The summed E-state index contributed by atoms with van der Waals surface area (Å²) >= 11 is 3.00. The first-order chi connectivity index (χ1) is 11.6. The molecule has 2 aromatic rings. The molecule has 136 valence electrons. The van der Waals surface area contributed by atoms with Crippen LogP contribution >= 0.6 is 22.7 Å². The maximum atomic E-state index is 12.6. The lowest BCUT2D eigenvalue weighted by atomic mass is 9.79. The van der Waals surface area contributed by atoms with E-state index in [9.17, 15) is 10.0 Å². The highest BCUT2D eigenvalue weighted by atomic mass is 32.1. The first-order valence-corrected chi connectivity index (χ1v) is 10.0. The van der Waals surface area contributed by atoms with Crippen molar-refractivity contribution in [1.82, 2.24) is 20.3 Å². The third-order valence-electron chi connectivity index (χ3n) is 4.55. The molecule has 25 heavy (non-hydrogen) atoms. The van der Waals surface area contributed by atoms with Crippen molar-refractivity contribution >= 4 is 28.6 Å². The van der Waals surface area contributed by atoms with Gasteiger partial charge in [-0.15, -0.1) is 22.7 Å². The van der Waals surface area contributed by atoms with Gasteiger partial charge in [-0.3, -0.25) is 4.79 Å². The van der Waals surface area contributed by atoms with Gasteiger partial charge in [-0.25, -0.2) is 9.97 Å². The third-order valence-corrected chi connectivity index (χ3v) is 6.19. The molecule has 0 bridgehead atoms. The Balaban J connectivity index is 1.71. The van der Waals surface area contributed by atoms with Crippen LogP contribution in [0, 0.1) is 6.92 Å². The number of piperidine rings is 1. The number of aromatic nitrogens is 2. The van der Waals surface area contributed by atoms with Crippen LogP contribution in [0.1, 0.15) is 56.0 Å². The predicted molar refractivity (Wildman–Crippen MR) is 100 cm³/mol. The van der Waals surface area contributed by atoms with Crippen molar-refractivity contribution in [3.8, 4) is 10.7 Å². The maximum Gasteiger partial charge on any atom is 0.270 e. The van der Waals surface area contributed by atoms with Gasteiger partial charge in [0.05, 0.1) is 5.01 Å². The van der Waals surface area contributed by atoms with Gasteiger partial charge in [0.25, 0.3) is 5.91 Å². The van der Waals surface area contributed by atoms with Crippen LogP contribution in [0.3, 0.4) is 0 Å². The maximum absolute atomic E-state index is 12.6. The summed E-state index contributed by atoms with van der Waals surface area (Å²) < 4.78 is 0. The molecule has 2 N–H and O–H groups in total. The molecular weight excluding hydrogens is 356 g/mol. The summed E-state index contributed by atoms with van der Waals surface area (Å²) in [4.78, 5) is 21.5. The quantitative estimate of drug-likeness (QED) is 0.848. The molecule has 0 aromatic carbocycles. The molecular formula is C17H24N4O2S2. The van der Waals surface area contributed by atoms with Crippen LogP contribution in [-0.2, 0) is 0 Å². The molecule has 1 saturated heterocycles. The summed E-state index contributed by atoms with van der Waals surface area (Å²) in [6.45, 7) is 9.89. The number of amides is 1. The Morgan fingerprint density at radius 1 is 1.20 bits per heavy atom. The van der Waals surface area contributed by atoms with Gasteiger partial charge in [0.15, 0.2) is 0 Å². The minimum Gasteiger partial charge on any atom is -0.348 e. The summed E-state index contributed by atoms with van der Waals surface area (Å²) in [7, 11) is 0. The molecule has 1 aliphatic rings. The lowest BCUT2D eigenvalue weighted by Gasteiger charge is -2.51. The van der Waals surface area contributed by atoms with E-state index in [1.54, 1.807) is 16.7 Å². The van der Waals surface area contributed by atoms with E-state index in [0.29, 0.717) is 18.5 Å². The third kappa shape index (κ3) is 3.76. The topological polar surface area (TPSA) is 78.4 Å². The molecule has 0 aliphatic carbocycles. The summed E-state index contributed by atoms with van der Waals surface area (Å²) in [6.07, 6.45) is 1.36. The number of hydrogen-bond donors (Lipinski definition) is 2. The second-order valence-electron chi connectivity index (χ2n) is 7.80. The second kappa shape index (κ2) is 6.42. The number of rotatable bonds is 3. The number of hydroxylamine groups is 2. The molecule has 1 aliphatic heterocycles. The van der Waals surface area contributed by atoms with Crippen molar-refractivity contribution in [3.05, 3.63) is 21.5 Å². The average molecular weight is 381 g/mol. The lowest BCUT2D eigenvalue weighted by molar-refractivity contribution is -0.245. The molecule has 6 nitrogen and oxygen atoms in total. The number of thiazole rings is 2. The van der Waals surface area contributed by atoms with Gasteiger partial charge in [0.2, 0.25) is 0 Å². The zero-order valence-electron chi connectivity index (χ0n) is 15.2. The van der Waals surface area contributed by atoms with Crippen LogP contribution in [0.2, 0.25) is 0 Å². The number of nitrogens with one attached hydrogen (secondary N) is 1. The van der Waals surface area contributed by atoms with Crippen LogP contribution < -0.4 is 5.32 Å². The summed E-state index contributed by atoms with van der Waals surface area (Å²) in [5, 5.41) is 20.3. The largest absolute Gasteiger partial charge is 0.348 e. The first kappa shape index (κ1) is 18.4. The van der Waals surface area contributed by atoms with Gasteiger partial charge in [-0.2, -0.15) is 5.06 Å². The number of carbonyl (C=O) groups excluding carboxylic acids is 1. The number of aryl methyl sites for hydroxylation is 1. The summed E-state index contributed by atoms with van der Waals surface area (Å²) in [5.74, 6) is -0.169. The monoisotopic (exact) mass is 380 g/mol. The molecule has 0 atom stereocenters. The normalized spacial score (nSPS) is 20.6. The Morgan fingerprint density at radius 2 is 1.84 bits per heavy atom. The van der Waals surface area contributed by atoms with Crippen LogP contribution in [0.25, 0.3) is 10.7 Å². The Labute approximate surface area is 155 Å². The molecule has 0 saturated carbocycles. The van der Waals surface area contributed by atoms with E-state index in [1.165, 1.54) is 16.4 Å². The van der Waals surface area contributed by atoms with E-state index in [0.717, 1.165) is 15.7 Å². The van der Waals surface area contributed by atoms with Gasteiger partial charge < -0.3 is 10.5 Å². The molecule has 0 radical (unpaired) electrons. The van der Waals surface area contributed by atoms with E-state index >= 15 is 0 Å². The highest BCUT2D eigenvalue weighted by molar-refractivity contribution is 7.14. The highest BCUT2D eigenvalue weighted by Crippen LogP contribution is 2.36. The van der Waals surface area contributed by atoms with Crippen molar-refractivity contribution in [2.24, 2.45) is 0 Å². The fourth-order valence-electron chi connectivity index (χ4n) is 3.59. The number of hydrogen-bond acceptors (Lipinski definition) is 7. The lowest BCUT2D eigenvalue weighted by Crippen LogP contribution is -2.62. The first-order valence-electron chi connectivity index (χ1n) is 8.27. The zero-order valence-corrected chi connectivity index (χ0v) is 16.8. The summed E-state index contributed by atoms with van der Waals surface area (Å²) in [5.41, 5.74) is 0.450. The highest BCUT2D eigenvalue weighted by Gasteiger charge is 2.45. The molecule has 0 spiro atoms. The van der Waals surface area contributed by atoms with Gasteiger partial charge in [-0.1, -0.05) is 0 Å². The SMILES string of the molecule is Cc1nc(-c2nc(C(=O)NC3CC(C)(C)N(O)C(C)(C)C3)cs2)cs1. The molecule has 1 amide bonds. The Kier molecular flexibility index (Phi) is 4.74. The van der Waals surface area contributed by atoms with Crippen molar-refractivity contribution in [3.63, 3.8) is 0 Å². The van der Waals surface area contributed by atoms with Crippen molar-refractivity contribution in [1.29, 1.82) is 0 Å². The van der Waals surface area contributed by atoms with E-state index in [-0.39, 0.29) is 11.9 Å². The van der Waals surface area contributed by atoms with Gasteiger partial charge in [0.1, 0.15) is 16.4 Å². The molecule has 1 fully saturated rings. The van der Waals surface area contributed by atoms with Gasteiger partial charge in [-0.05, 0) is 47.5 Å². The van der Waals surface area contributed by atoms with Crippen LogP contribution in [0.15, 0.2) is 10.8 Å². The number of carbonyl (C=O) groups is 1. The van der Waals surface area contributed by atoms with Gasteiger partial charge >= 0.3 is 0 Å². The Hall–Kier alpha value is -1.35. The van der Waals surface area contributed by atoms with Crippen molar-refractivity contribution in [2.45, 2.75) is 64.6 Å². The molecule has 3 rings (SSSR count). The predicted octanol–water partition coefficient (Wildman–Crippen LogP) is 3.72. The van der Waals surface area contributed by atoms with Crippen LogP contribution in [-0.4, -0.2) is 43.3 Å². The minimum absolute atomic E-state index is 0.00688. The van der Waals surface area contributed by atoms with E-state index in [1.807, 2.05) is 40.0 Å².